The zero-order valence-electron chi connectivity index (χ0n) is 17.7. The van der Waals surface area contributed by atoms with Gasteiger partial charge in [0.15, 0.2) is 5.17 Å². The van der Waals surface area contributed by atoms with Gasteiger partial charge in [0.25, 0.3) is 0 Å². The Hall–Kier alpha value is -3.33. The van der Waals surface area contributed by atoms with Gasteiger partial charge >= 0.3 is 0 Å². The number of ether oxygens (including phenoxy) is 1. The predicted molar refractivity (Wildman–Crippen MR) is 126 cm³/mol. The molecule has 0 aromatic heterocycles. The molecule has 1 aliphatic rings. The van der Waals surface area contributed by atoms with Crippen LogP contribution in [0.15, 0.2) is 58.7 Å². The molecule has 0 saturated carbocycles. The maximum absolute atomic E-state index is 12.7. The smallest absolute Gasteiger partial charge is 0.247 e. The number of benzene rings is 2. The van der Waals surface area contributed by atoms with Crippen LogP contribution in [-0.4, -0.2) is 49.1 Å². The molecular weight excluding hydrogens is 414 g/mol. The molecule has 1 fully saturated rings. The van der Waals surface area contributed by atoms with Crippen LogP contribution in [0.4, 0.5) is 11.4 Å². The number of nitrogens with two attached hydrogens (primary N) is 1. The molecule has 0 spiro atoms. The number of amidine groups is 1. The summed E-state index contributed by atoms with van der Waals surface area (Å²) >= 11 is 1.04. The van der Waals surface area contributed by atoms with Gasteiger partial charge in [-0.2, -0.15) is 5.10 Å². The van der Waals surface area contributed by atoms with Crippen molar-refractivity contribution in [2.45, 2.75) is 18.6 Å². The largest absolute Gasteiger partial charge is 0.494 e. The van der Waals surface area contributed by atoms with E-state index >= 15 is 0 Å². The summed E-state index contributed by atoms with van der Waals surface area (Å²) in [4.78, 5) is 28.3. The standard InChI is InChI=1S/C22H25N5O3S/c1-4-30-18-11-9-17(10-12-18)27-20(28)13-19(21(27)29)31-22(23)25-24-14-15-5-7-16(8-6-15)26(2)3/h5-12,14,19H,4,13H2,1-3H3,(H2,23,25). The number of hydrogen-bond acceptors (Lipinski definition) is 7. The van der Waals surface area contributed by atoms with E-state index in [0.29, 0.717) is 18.0 Å². The van der Waals surface area contributed by atoms with Crippen LogP contribution in [0.5, 0.6) is 5.75 Å². The van der Waals surface area contributed by atoms with E-state index in [1.54, 1.807) is 30.5 Å². The van der Waals surface area contributed by atoms with Gasteiger partial charge in [-0.1, -0.05) is 23.9 Å². The molecule has 2 aromatic rings. The second-order valence-corrected chi connectivity index (χ2v) is 8.20. The van der Waals surface area contributed by atoms with Crippen molar-refractivity contribution in [3.63, 3.8) is 0 Å². The van der Waals surface area contributed by atoms with Crippen molar-refractivity contribution in [3.05, 3.63) is 54.1 Å². The SMILES string of the molecule is CCOc1ccc(N2C(=O)CC(SC(N)=NN=Cc3ccc(N(C)C)cc3)C2=O)cc1. The zero-order chi connectivity index (χ0) is 22.4. The molecule has 2 N–H and O–H groups in total. The highest BCUT2D eigenvalue weighted by atomic mass is 32.2. The van der Waals surface area contributed by atoms with Gasteiger partial charge < -0.3 is 15.4 Å². The van der Waals surface area contributed by atoms with Crippen molar-refractivity contribution in [1.29, 1.82) is 0 Å². The minimum Gasteiger partial charge on any atom is -0.494 e. The molecule has 3 rings (SSSR count). The third-order valence-corrected chi connectivity index (χ3v) is 5.52. The first kappa shape index (κ1) is 22.4. The van der Waals surface area contributed by atoms with Crippen LogP contribution < -0.4 is 20.3 Å². The van der Waals surface area contributed by atoms with E-state index in [4.69, 9.17) is 10.5 Å². The summed E-state index contributed by atoms with van der Waals surface area (Å²) in [6.07, 6.45) is 1.64. The topological polar surface area (TPSA) is 101 Å². The van der Waals surface area contributed by atoms with Gasteiger partial charge in [-0.15, -0.1) is 5.10 Å². The first-order valence-electron chi connectivity index (χ1n) is 9.79. The second-order valence-electron chi connectivity index (χ2n) is 6.97. The third kappa shape index (κ3) is 5.64. The molecular formula is C22H25N5O3S. The number of thioether (sulfide) groups is 1. The highest BCUT2D eigenvalue weighted by Gasteiger charge is 2.40. The Kier molecular flexibility index (Phi) is 7.30. The van der Waals surface area contributed by atoms with Crippen LogP contribution >= 0.6 is 11.8 Å². The summed E-state index contributed by atoms with van der Waals surface area (Å²) < 4.78 is 5.40. The van der Waals surface area contributed by atoms with Crippen molar-refractivity contribution in [1.82, 2.24) is 0 Å². The monoisotopic (exact) mass is 439 g/mol. The highest BCUT2D eigenvalue weighted by molar-refractivity contribution is 8.14. The fraction of sp³-hybridized carbons (Fsp3) is 0.273. The summed E-state index contributed by atoms with van der Waals surface area (Å²) in [5.41, 5.74) is 8.39. The maximum Gasteiger partial charge on any atom is 0.247 e. The molecule has 0 aliphatic carbocycles. The molecule has 31 heavy (non-hydrogen) atoms. The first-order valence-corrected chi connectivity index (χ1v) is 10.7. The van der Waals surface area contributed by atoms with Gasteiger partial charge in [0, 0.05) is 26.2 Å². The van der Waals surface area contributed by atoms with E-state index in [2.05, 4.69) is 10.2 Å². The summed E-state index contributed by atoms with van der Waals surface area (Å²) in [6.45, 7) is 2.43. The maximum atomic E-state index is 12.7. The predicted octanol–water partition coefficient (Wildman–Crippen LogP) is 2.87. The van der Waals surface area contributed by atoms with Crippen molar-refractivity contribution >= 4 is 46.3 Å². The number of carbonyl (C=O) groups is 2. The third-order valence-electron chi connectivity index (χ3n) is 4.55. The fourth-order valence-corrected chi connectivity index (χ4v) is 3.82. The zero-order valence-corrected chi connectivity index (χ0v) is 18.5. The number of carbonyl (C=O) groups excluding carboxylic acids is 2. The Morgan fingerprint density at radius 2 is 1.87 bits per heavy atom. The van der Waals surface area contributed by atoms with E-state index in [0.717, 1.165) is 23.0 Å². The van der Waals surface area contributed by atoms with E-state index in [1.807, 2.05) is 50.2 Å². The number of amides is 2. The average Bonchev–Trinajstić information content (AvgIpc) is 3.02. The Morgan fingerprint density at radius 1 is 1.19 bits per heavy atom. The lowest BCUT2D eigenvalue weighted by Gasteiger charge is -2.15. The lowest BCUT2D eigenvalue weighted by molar-refractivity contribution is -0.121. The van der Waals surface area contributed by atoms with Crippen LogP contribution in [0, 0.1) is 0 Å². The lowest BCUT2D eigenvalue weighted by Crippen LogP contribution is -2.31. The van der Waals surface area contributed by atoms with Gasteiger partial charge in [-0.3, -0.25) is 9.59 Å². The quantitative estimate of drug-likeness (QED) is 0.308. The summed E-state index contributed by atoms with van der Waals surface area (Å²) in [7, 11) is 3.94. The lowest BCUT2D eigenvalue weighted by atomic mass is 10.2. The average molecular weight is 440 g/mol. The number of nitrogens with zero attached hydrogens (tertiary/aromatic N) is 4. The van der Waals surface area contributed by atoms with Crippen LogP contribution in [0.2, 0.25) is 0 Å². The van der Waals surface area contributed by atoms with Gasteiger partial charge in [-0.25, -0.2) is 4.90 Å². The minimum absolute atomic E-state index is 0.0582. The van der Waals surface area contributed by atoms with Crippen LogP contribution in [0.3, 0.4) is 0 Å². The molecule has 162 valence electrons. The molecule has 2 amide bonds. The first-order chi connectivity index (χ1) is 14.9. The molecule has 1 saturated heterocycles. The van der Waals surface area contributed by atoms with Gasteiger partial charge in [0.2, 0.25) is 11.8 Å². The number of rotatable bonds is 7. The number of hydrogen-bond donors (Lipinski definition) is 1. The molecule has 2 aromatic carbocycles. The number of imide groups is 1. The molecule has 0 bridgehead atoms. The van der Waals surface area contributed by atoms with Crippen molar-refractivity contribution in [2.24, 2.45) is 15.9 Å². The molecule has 1 atom stereocenters. The molecule has 8 nitrogen and oxygen atoms in total. The molecule has 0 radical (unpaired) electrons. The normalized spacial score (nSPS) is 16.9. The van der Waals surface area contributed by atoms with E-state index in [-0.39, 0.29) is 23.4 Å². The van der Waals surface area contributed by atoms with Gasteiger partial charge in [0.05, 0.1) is 18.5 Å². The molecule has 1 heterocycles. The molecule has 1 aliphatic heterocycles. The summed E-state index contributed by atoms with van der Waals surface area (Å²) in [5.74, 6) is 0.0892. The molecule has 9 heteroatoms. The van der Waals surface area contributed by atoms with Crippen LogP contribution in [0.25, 0.3) is 0 Å². The summed E-state index contributed by atoms with van der Waals surface area (Å²) in [5, 5.41) is 7.43. The van der Waals surface area contributed by atoms with Crippen molar-refractivity contribution in [2.75, 3.05) is 30.5 Å². The van der Waals surface area contributed by atoms with E-state index in [9.17, 15) is 9.59 Å². The molecule has 1 unspecified atom stereocenters. The van der Waals surface area contributed by atoms with Crippen molar-refractivity contribution in [3.8, 4) is 5.75 Å². The van der Waals surface area contributed by atoms with E-state index < -0.39 is 5.25 Å². The van der Waals surface area contributed by atoms with Crippen LogP contribution in [0.1, 0.15) is 18.9 Å². The van der Waals surface area contributed by atoms with Gasteiger partial charge in [0.1, 0.15) is 11.0 Å². The second kappa shape index (κ2) is 10.1. The summed E-state index contributed by atoms with van der Waals surface area (Å²) in [6, 6.07) is 14.6. The Labute approximate surface area is 185 Å². The van der Waals surface area contributed by atoms with Crippen LogP contribution in [-0.2, 0) is 9.59 Å². The van der Waals surface area contributed by atoms with Gasteiger partial charge in [-0.05, 0) is 48.9 Å². The van der Waals surface area contributed by atoms with E-state index in [1.165, 1.54) is 4.90 Å². The Morgan fingerprint density at radius 3 is 2.48 bits per heavy atom. The minimum atomic E-state index is -0.627. The Balaban J connectivity index is 1.61. The van der Waals surface area contributed by atoms with Crippen molar-refractivity contribution < 1.29 is 14.3 Å². The Bertz CT molecular complexity index is 987. The number of anilines is 2. The fourth-order valence-electron chi connectivity index (χ4n) is 3.01. The highest BCUT2D eigenvalue weighted by Crippen LogP contribution is 2.30.